The molecule has 0 radical (unpaired) electrons. The van der Waals surface area contributed by atoms with E-state index in [0.29, 0.717) is 12.5 Å². The minimum atomic E-state index is 0.237. The maximum Gasteiger partial charge on any atom is 0.220 e. The summed E-state index contributed by atoms with van der Waals surface area (Å²) in [5.41, 5.74) is 1.10. The molecule has 1 aromatic heterocycles. The van der Waals surface area contributed by atoms with Crippen molar-refractivity contribution >= 4 is 27.5 Å². The fourth-order valence-electron chi connectivity index (χ4n) is 3.31. The average Bonchev–Trinajstić information content (AvgIpc) is 2.80. The van der Waals surface area contributed by atoms with Gasteiger partial charge in [-0.2, -0.15) is 0 Å². The molecule has 0 unspecified atom stereocenters. The Balaban J connectivity index is 1.36. The Bertz CT molecular complexity index is 596. The highest BCUT2D eigenvalue weighted by Crippen LogP contribution is 2.23. The van der Waals surface area contributed by atoms with Crippen molar-refractivity contribution in [2.45, 2.75) is 70.3 Å². The van der Waals surface area contributed by atoms with Gasteiger partial charge in [-0.3, -0.25) is 4.79 Å². The van der Waals surface area contributed by atoms with E-state index in [-0.39, 0.29) is 5.91 Å². The number of fused-ring (bicyclic) bond motifs is 1. The van der Waals surface area contributed by atoms with Crippen LogP contribution in [-0.4, -0.2) is 16.9 Å². The summed E-state index contributed by atoms with van der Waals surface area (Å²) in [5.74, 6) is 0.237. The molecular formula is C19H26N2OS. The van der Waals surface area contributed by atoms with Crippen LogP contribution in [0.2, 0.25) is 0 Å². The first-order valence-electron chi connectivity index (χ1n) is 8.95. The summed E-state index contributed by atoms with van der Waals surface area (Å²) >= 11 is 1.78. The van der Waals surface area contributed by atoms with Crippen molar-refractivity contribution in [3.63, 3.8) is 0 Å². The summed E-state index contributed by atoms with van der Waals surface area (Å²) in [6, 6.07) is 8.70. The number of hydrogen-bond donors (Lipinski definition) is 1. The molecule has 0 aliphatic heterocycles. The van der Waals surface area contributed by atoms with Gasteiger partial charge in [-0.1, -0.05) is 37.8 Å². The van der Waals surface area contributed by atoms with Crippen LogP contribution in [0, 0.1) is 0 Å². The van der Waals surface area contributed by atoms with E-state index >= 15 is 0 Å². The summed E-state index contributed by atoms with van der Waals surface area (Å²) in [5, 5.41) is 4.42. The molecule has 0 bridgehead atoms. The van der Waals surface area contributed by atoms with Crippen molar-refractivity contribution in [2.24, 2.45) is 0 Å². The Morgan fingerprint density at radius 2 is 1.91 bits per heavy atom. The molecule has 1 heterocycles. The lowest BCUT2D eigenvalue weighted by molar-refractivity contribution is -0.122. The summed E-state index contributed by atoms with van der Waals surface area (Å²) in [6.07, 6.45) is 11.1. The number of aromatic nitrogens is 1. The van der Waals surface area contributed by atoms with E-state index in [1.807, 2.05) is 6.07 Å². The second kappa shape index (κ2) is 8.44. The van der Waals surface area contributed by atoms with Crippen molar-refractivity contribution in [1.82, 2.24) is 10.3 Å². The zero-order chi connectivity index (χ0) is 15.9. The molecular weight excluding hydrogens is 304 g/mol. The van der Waals surface area contributed by atoms with Crippen LogP contribution < -0.4 is 5.32 Å². The highest BCUT2D eigenvalue weighted by molar-refractivity contribution is 7.18. The molecule has 1 amide bonds. The van der Waals surface area contributed by atoms with Gasteiger partial charge < -0.3 is 5.32 Å². The molecule has 1 saturated carbocycles. The molecule has 3 rings (SSSR count). The fraction of sp³-hybridized carbons (Fsp3) is 0.579. The third kappa shape index (κ3) is 5.03. The first kappa shape index (κ1) is 16.4. The highest BCUT2D eigenvalue weighted by Gasteiger charge is 2.14. The Hall–Kier alpha value is -1.42. The van der Waals surface area contributed by atoms with Crippen LogP contribution in [0.3, 0.4) is 0 Å². The number of aryl methyl sites for hydroxylation is 1. The van der Waals surface area contributed by atoms with Gasteiger partial charge >= 0.3 is 0 Å². The number of hydrogen-bond acceptors (Lipinski definition) is 3. The van der Waals surface area contributed by atoms with Crippen LogP contribution in [0.25, 0.3) is 10.2 Å². The van der Waals surface area contributed by atoms with Gasteiger partial charge in [-0.05, 0) is 44.2 Å². The first-order valence-corrected chi connectivity index (χ1v) is 9.77. The first-order chi connectivity index (χ1) is 11.3. The molecule has 0 atom stereocenters. The SMILES string of the molecule is O=C(CCCCc1nc2ccccc2s1)NC1CCCCCC1. The molecule has 1 aliphatic rings. The van der Waals surface area contributed by atoms with E-state index in [0.717, 1.165) is 37.6 Å². The van der Waals surface area contributed by atoms with Crippen LogP contribution in [-0.2, 0) is 11.2 Å². The molecule has 4 heteroatoms. The highest BCUT2D eigenvalue weighted by atomic mass is 32.1. The lowest BCUT2D eigenvalue weighted by Gasteiger charge is -2.16. The molecule has 124 valence electrons. The number of amides is 1. The van der Waals surface area contributed by atoms with Crippen LogP contribution >= 0.6 is 11.3 Å². The van der Waals surface area contributed by atoms with E-state index < -0.39 is 0 Å². The molecule has 1 aromatic carbocycles. The lowest BCUT2D eigenvalue weighted by atomic mass is 10.1. The molecule has 23 heavy (non-hydrogen) atoms. The fourth-order valence-corrected chi connectivity index (χ4v) is 4.32. The van der Waals surface area contributed by atoms with Crippen molar-refractivity contribution in [3.8, 4) is 0 Å². The van der Waals surface area contributed by atoms with E-state index in [1.165, 1.54) is 35.4 Å². The predicted octanol–water partition coefficient (Wildman–Crippen LogP) is 4.85. The second-order valence-electron chi connectivity index (χ2n) is 6.54. The summed E-state index contributed by atoms with van der Waals surface area (Å²) in [6.45, 7) is 0. The van der Waals surface area contributed by atoms with Gasteiger partial charge in [0.25, 0.3) is 0 Å². The van der Waals surface area contributed by atoms with Crippen molar-refractivity contribution in [3.05, 3.63) is 29.3 Å². The maximum atomic E-state index is 12.1. The summed E-state index contributed by atoms with van der Waals surface area (Å²) < 4.78 is 1.26. The van der Waals surface area contributed by atoms with Crippen molar-refractivity contribution in [2.75, 3.05) is 0 Å². The molecule has 1 N–H and O–H groups in total. The predicted molar refractivity (Wildman–Crippen MR) is 96.8 cm³/mol. The summed E-state index contributed by atoms with van der Waals surface area (Å²) in [7, 11) is 0. The molecule has 1 fully saturated rings. The minimum absolute atomic E-state index is 0.237. The monoisotopic (exact) mass is 330 g/mol. The van der Waals surface area contributed by atoms with Crippen LogP contribution in [0.5, 0.6) is 0 Å². The van der Waals surface area contributed by atoms with E-state index in [1.54, 1.807) is 11.3 Å². The molecule has 3 nitrogen and oxygen atoms in total. The number of carbonyl (C=O) groups is 1. The van der Waals surface area contributed by atoms with Gasteiger partial charge in [0.2, 0.25) is 5.91 Å². The smallest absolute Gasteiger partial charge is 0.220 e. The van der Waals surface area contributed by atoms with Crippen LogP contribution in [0.4, 0.5) is 0 Å². The largest absolute Gasteiger partial charge is 0.353 e. The standard InChI is InChI=1S/C19H26N2OS/c22-18(20-15-9-3-1-2-4-10-15)13-7-8-14-19-21-16-11-5-6-12-17(16)23-19/h5-6,11-12,15H,1-4,7-10,13-14H2,(H,20,22). The Morgan fingerprint density at radius 1 is 1.13 bits per heavy atom. The Morgan fingerprint density at radius 3 is 2.70 bits per heavy atom. The summed E-state index contributed by atoms with van der Waals surface area (Å²) in [4.78, 5) is 16.7. The number of benzene rings is 1. The second-order valence-corrected chi connectivity index (χ2v) is 7.65. The van der Waals surface area contributed by atoms with Gasteiger partial charge in [-0.15, -0.1) is 11.3 Å². The molecule has 0 saturated heterocycles. The number of nitrogens with zero attached hydrogens (tertiary/aromatic N) is 1. The average molecular weight is 330 g/mol. The number of carbonyl (C=O) groups excluding carboxylic acids is 1. The number of thiazole rings is 1. The Labute approximate surface area is 142 Å². The van der Waals surface area contributed by atoms with E-state index in [2.05, 4.69) is 28.5 Å². The van der Waals surface area contributed by atoms with Gasteiger partial charge in [0.1, 0.15) is 0 Å². The van der Waals surface area contributed by atoms with Gasteiger partial charge in [-0.25, -0.2) is 4.98 Å². The van der Waals surface area contributed by atoms with Crippen LogP contribution in [0.15, 0.2) is 24.3 Å². The van der Waals surface area contributed by atoms with E-state index in [9.17, 15) is 4.79 Å². The van der Waals surface area contributed by atoms with Crippen LogP contribution in [0.1, 0.15) is 62.8 Å². The zero-order valence-electron chi connectivity index (χ0n) is 13.7. The number of nitrogens with one attached hydrogen (secondary N) is 1. The quantitative estimate of drug-likeness (QED) is 0.608. The zero-order valence-corrected chi connectivity index (χ0v) is 14.5. The number of unbranched alkanes of at least 4 members (excludes halogenated alkanes) is 1. The Kier molecular flexibility index (Phi) is 6.03. The van der Waals surface area contributed by atoms with E-state index in [4.69, 9.17) is 0 Å². The minimum Gasteiger partial charge on any atom is -0.353 e. The van der Waals surface area contributed by atoms with Gasteiger partial charge in [0.05, 0.1) is 15.2 Å². The molecule has 0 spiro atoms. The third-order valence-electron chi connectivity index (χ3n) is 4.60. The maximum absolute atomic E-state index is 12.1. The molecule has 2 aromatic rings. The lowest BCUT2D eigenvalue weighted by Crippen LogP contribution is -2.34. The third-order valence-corrected chi connectivity index (χ3v) is 5.70. The van der Waals surface area contributed by atoms with Crippen molar-refractivity contribution in [1.29, 1.82) is 0 Å². The normalized spacial score (nSPS) is 16.3. The van der Waals surface area contributed by atoms with Crippen molar-refractivity contribution < 1.29 is 4.79 Å². The number of rotatable bonds is 6. The van der Waals surface area contributed by atoms with Gasteiger partial charge in [0, 0.05) is 12.5 Å². The van der Waals surface area contributed by atoms with Gasteiger partial charge in [0.15, 0.2) is 0 Å². The number of para-hydroxylation sites is 1. The molecule has 1 aliphatic carbocycles. The topological polar surface area (TPSA) is 42.0 Å².